The zero-order valence-electron chi connectivity index (χ0n) is 20.9. The summed E-state index contributed by atoms with van der Waals surface area (Å²) in [5.74, 6) is 0.492. The highest BCUT2D eigenvalue weighted by atomic mass is 32.1. The number of nitro benzene ring substituents is 1. The number of nitrogens with one attached hydrogen (secondary N) is 3. The molecule has 2 heterocycles. The Labute approximate surface area is 230 Å². The lowest BCUT2D eigenvalue weighted by molar-refractivity contribution is -0.384. The first kappa shape index (κ1) is 26.1. The van der Waals surface area contributed by atoms with Crippen LogP contribution < -0.4 is 21.7 Å². The SMILES string of the molecule is Cc1nc2ccccc2c(=O)n1NCc1nnc(NC(=O)N/N=C(\c2ccccc2)c2ccc([N+](=O)[O-])cc2)s1. The van der Waals surface area contributed by atoms with Gasteiger partial charge in [-0.15, -0.1) is 10.2 Å². The van der Waals surface area contributed by atoms with Crippen LogP contribution in [0, 0.1) is 17.0 Å². The molecule has 40 heavy (non-hydrogen) atoms. The van der Waals surface area contributed by atoms with Crippen LogP contribution >= 0.6 is 11.3 Å². The van der Waals surface area contributed by atoms with Crippen molar-refractivity contribution in [3.8, 4) is 0 Å². The Morgan fingerprint density at radius 2 is 1.70 bits per heavy atom. The van der Waals surface area contributed by atoms with Crippen molar-refractivity contribution < 1.29 is 9.72 Å². The fourth-order valence-electron chi connectivity index (χ4n) is 3.82. The summed E-state index contributed by atoms with van der Waals surface area (Å²) in [4.78, 5) is 40.4. The lowest BCUT2D eigenvalue weighted by Gasteiger charge is -2.11. The van der Waals surface area contributed by atoms with E-state index in [0.29, 0.717) is 38.6 Å². The predicted molar refractivity (Wildman–Crippen MR) is 151 cm³/mol. The summed E-state index contributed by atoms with van der Waals surface area (Å²) in [6.07, 6.45) is 0. The second-order valence-electron chi connectivity index (χ2n) is 8.35. The van der Waals surface area contributed by atoms with Gasteiger partial charge < -0.3 is 5.43 Å². The molecule has 0 saturated heterocycles. The first-order chi connectivity index (χ1) is 19.4. The van der Waals surface area contributed by atoms with E-state index >= 15 is 0 Å². The number of aryl methyl sites for hydroxylation is 1. The molecule has 13 nitrogen and oxygen atoms in total. The first-order valence-electron chi connectivity index (χ1n) is 11.9. The lowest BCUT2D eigenvalue weighted by atomic mass is 10.0. The maximum atomic E-state index is 12.8. The summed E-state index contributed by atoms with van der Waals surface area (Å²) in [5, 5.41) is 27.1. The third-order valence-corrected chi connectivity index (χ3v) is 6.53. The average molecular weight is 556 g/mol. The summed E-state index contributed by atoms with van der Waals surface area (Å²) in [6.45, 7) is 1.90. The zero-order chi connectivity index (χ0) is 28.1. The van der Waals surface area contributed by atoms with Crippen LogP contribution in [-0.2, 0) is 6.54 Å². The largest absolute Gasteiger partial charge is 0.341 e. The Balaban J connectivity index is 1.26. The molecular formula is C26H21N9O4S. The number of carbonyl (C=O) groups is 1. The van der Waals surface area contributed by atoms with E-state index < -0.39 is 11.0 Å². The minimum absolute atomic E-state index is 0.0552. The molecule has 2 amide bonds. The maximum Gasteiger partial charge on any atom is 0.341 e. The van der Waals surface area contributed by atoms with Gasteiger partial charge in [-0.2, -0.15) is 5.10 Å². The van der Waals surface area contributed by atoms with Crippen LogP contribution in [0.4, 0.5) is 15.6 Å². The van der Waals surface area contributed by atoms with E-state index in [0.717, 1.165) is 11.3 Å². The Hall–Kier alpha value is -5.50. The number of nitro groups is 1. The van der Waals surface area contributed by atoms with Gasteiger partial charge in [0.2, 0.25) is 5.13 Å². The van der Waals surface area contributed by atoms with E-state index in [1.165, 1.54) is 16.8 Å². The van der Waals surface area contributed by atoms with Crippen molar-refractivity contribution in [1.82, 2.24) is 25.3 Å². The zero-order valence-corrected chi connectivity index (χ0v) is 21.8. The molecule has 0 spiro atoms. The van der Waals surface area contributed by atoms with Crippen LogP contribution in [0.1, 0.15) is 22.0 Å². The number of para-hydroxylation sites is 1. The van der Waals surface area contributed by atoms with E-state index in [1.54, 1.807) is 37.3 Å². The van der Waals surface area contributed by atoms with Crippen LogP contribution in [0.5, 0.6) is 0 Å². The third-order valence-electron chi connectivity index (χ3n) is 5.69. The molecule has 0 radical (unpaired) electrons. The first-order valence-corrected chi connectivity index (χ1v) is 12.7. The quantitative estimate of drug-likeness (QED) is 0.148. The number of fused-ring (bicyclic) bond motifs is 1. The second kappa shape index (κ2) is 11.5. The molecule has 0 aliphatic carbocycles. The van der Waals surface area contributed by atoms with Crippen molar-refractivity contribution in [3.05, 3.63) is 121 Å². The number of carbonyl (C=O) groups excluding carboxylic acids is 1. The van der Waals surface area contributed by atoms with E-state index in [1.807, 2.05) is 36.4 Å². The summed E-state index contributed by atoms with van der Waals surface area (Å²) in [5.41, 5.74) is 7.46. The Morgan fingerprint density at radius 1 is 1.00 bits per heavy atom. The third kappa shape index (κ3) is 5.81. The number of anilines is 1. The molecule has 5 aromatic rings. The molecule has 0 fully saturated rings. The number of non-ortho nitro benzene ring substituents is 1. The number of aromatic nitrogens is 4. The highest BCUT2D eigenvalue weighted by Crippen LogP contribution is 2.17. The van der Waals surface area contributed by atoms with Crippen LogP contribution in [0.3, 0.4) is 0 Å². The van der Waals surface area contributed by atoms with Crippen LogP contribution in [0.25, 0.3) is 10.9 Å². The lowest BCUT2D eigenvalue weighted by Crippen LogP contribution is -2.31. The molecule has 200 valence electrons. The van der Waals surface area contributed by atoms with Gasteiger partial charge in [-0.3, -0.25) is 20.2 Å². The molecule has 14 heteroatoms. The predicted octanol–water partition coefficient (Wildman–Crippen LogP) is 3.78. The highest BCUT2D eigenvalue weighted by molar-refractivity contribution is 7.15. The molecule has 0 unspecified atom stereocenters. The maximum absolute atomic E-state index is 12.8. The van der Waals surface area contributed by atoms with Gasteiger partial charge >= 0.3 is 6.03 Å². The molecule has 0 aliphatic heterocycles. The number of hydrazone groups is 1. The monoisotopic (exact) mass is 555 g/mol. The smallest absolute Gasteiger partial charge is 0.315 e. The van der Waals surface area contributed by atoms with Gasteiger partial charge in [0, 0.05) is 23.3 Å². The average Bonchev–Trinajstić information content (AvgIpc) is 3.41. The molecule has 2 aromatic heterocycles. The van der Waals surface area contributed by atoms with E-state index in [9.17, 15) is 19.7 Å². The van der Waals surface area contributed by atoms with Gasteiger partial charge in [-0.25, -0.2) is 19.9 Å². The minimum Gasteiger partial charge on any atom is -0.315 e. The molecule has 5 rings (SSSR count). The number of benzene rings is 3. The Morgan fingerprint density at radius 3 is 2.45 bits per heavy atom. The van der Waals surface area contributed by atoms with Gasteiger partial charge in [0.15, 0.2) is 0 Å². The summed E-state index contributed by atoms with van der Waals surface area (Å²) in [6, 6.07) is 21.4. The molecule has 3 aromatic carbocycles. The summed E-state index contributed by atoms with van der Waals surface area (Å²) >= 11 is 1.12. The van der Waals surface area contributed by atoms with Gasteiger partial charge in [-0.1, -0.05) is 53.8 Å². The number of hydrogen-bond donors (Lipinski definition) is 3. The number of rotatable bonds is 8. The van der Waals surface area contributed by atoms with E-state index in [4.69, 9.17) is 0 Å². The molecular weight excluding hydrogens is 534 g/mol. The standard InChI is InChI=1S/C26H21N9O4S/c1-16-28-21-10-6-5-9-20(21)24(36)34(16)27-15-22-30-33-26(40-22)29-25(37)32-31-23(17-7-3-2-4-8-17)18-11-13-19(14-12-18)35(38)39/h2-14,27H,15H2,1H3,(H2,29,32,33,37)/b31-23+. The van der Waals surface area contributed by atoms with Crippen molar-refractivity contribution in [2.24, 2.45) is 5.10 Å². The number of amides is 2. The van der Waals surface area contributed by atoms with Crippen molar-refractivity contribution >= 4 is 44.8 Å². The fourth-order valence-corrected chi connectivity index (χ4v) is 4.48. The molecule has 3 N–H and O–H groups in total. The molecule has 0 aliphatic rings. The summed E-state index contributed by atoms with van der Waals surface area (Å²) in [7, 11) is 0. The van der Waals surface area contributed by atoms with Crippen molar-refractivity contribution in [2.75, 3.05) is 10.7 Å². The van der Waals surface area contributed by atoms with Crippen LogP contribution in [0.15, 0.2) is 88.8 Å². The second-order valence-corrected chi connectivity index (χ2v) is 9.41. The van der Waals surface area contributed by atoms with Gasteiger partial charge in [-0.05, 0) is 31.2 Å². The Kier molecular flexibility index (Phi) is 7.50. The molecule has 0 saturated carbocycles. The normalized spacial score (nSPS) is 11.3. The number of nitrogens with zero attached hydrogens (tertiary/aromatic N) is 6. The van der Waals surface area contributed by atoms with Gasteiger partial charge in [0.25, 0.3) is 11.2 Å². The summed E-state index contributed by atoms with van der Waals surface area (Å²) < 4.78 is 1.35. The van der Waals surface area contributed by atoms with Gasteiger partial charge in [0.1, 0.15) is 10.8 Å². The molecule has 0 bridgehead atoms. The molecule has 0 atom stereocenters. The van der Waals surface area contributed by atoms with Crippen molar-refractivity contribution in [2.45, 2.75) is 13.5 Å². The van der Waals surface area contributed by atoms with E-state index in [-0.39, 0.29) is 22.9 Å². The number of urea groups is 1. The van der Waals surface area contributed by atoms with E-state index in [2.05, 4.69) is 36.5 Å². The van der Waals surface area contributed by atoms with Crippen molar-refractivity contribution in [3.63, 3.8) is 0 Å². The Bertz CT molecular complexity index is 1780. The van der Waals surface area contributed by atoms with Crippen LogP contribution in [0.2, 0.25) is 0 Å². The van der Waals surface area contributed by atoms with Crippen molar-refractivity contribution in [1.29, 1.82) is 0 Å². The fraction of sp³-hybridized carbons (Fsp3) is 0.0769. The number of hydrogen-bond acceptors (Lipinski definition) is 10. The van der Waals surface area contributed by atoms with Gasteiger partial charge in [0.05, 0.1) is 28.1 Å². The topological polar surface area (TPSA) is 169 Å². The highest BCUT2D eigenvalue weighted by Gasteiger charge is 2.13. The van der Waals surface area contributed by atoms with Crippen LogP contribution in [-0.4, -0.2) is 36.5 Å². The minimum atomic E-state index is -0.656.